The standard InChI is InChI=1S/C15H22N2O3/c1-15(2,3)16-10-9-12(18)17-13(14(19)20)11-7-5-4-6-8-11/h4-8,13,16H,9-10H2,1-3H3,(H,17,18)(H,19,20)/t13-/m1/s1. The minimum absolute atomic E-state index is 0.0636. The number of amides is 1. The number of carboxylic acids is 1. The first-order chi connectivity index (χ1) is 9.29. The van der Waals surface area contributed by atoms with Crippen LogP contribution in [0, 0.1) is 0 Å². The van der Waals surface area contributed by atoms with Crippen LogP contribution in [0.15, 0.2) is 30.3 Å². The van der Waals surface area contributed by atoms with Gasteiger partial charge >= 0.3 is 5.97 Å². The van der Waals surface area contributed by atoms with E-state index in [1.165, 1.54) is 0 Å². The highest BCUT2D eigenvalue weighted by molar-refractivity contribution is 5.84. The second-order valence-corrected chi connectivity index (χ2v) is 5.68. The van der Waals surface area contributed by atoms with E-state index in [9.17, 15) is 14.7 Å². The van der Waals surface area contributed by atoms with E-state index in [2.05, 4.69) is 10.6 Å². The fourth-order valence-corrected chi connectivity index (χ4v) is 1.72. The molecule has 1 aromatic rings. The number of carboxylic acid groups (broad SMARTS) is 1. The van der Waals surface area contributed by atoms with Crippen LogP contribution in [0.3, 0.4) is 0 Å². The monoisotopic (exact) mass is 278 g/mol. The van der Waals surface area contributed by atoms with Gasteiger partial charge in [0.05, 0.1) is 0 Å². The normalized spacial score (nSPS) is 12.8. The van der Waals surface area contributed by atoms with Crippen LogP contribution in [0.5, 0.6) is 0 Å². The second-order valence-electron chi connectivity index (χ2n) is 5.68. The first-order valence-corrected chi connectivity index (χ1v) is 6.62. The van der Waals surface area contributed by atoms with Crippen LogP contribution >= 0.6 is 0 Å². The summed E-state index contributed by atoms with van der Waals surface area (Å²) in [6.45, 7) is 6.54. The number of nitrogens with one attached hydrogen (secondary N) is 2. The lowest BCUT2D eigenvalue weighted by molar-refractivity contribution is -0.142. The lowest BCUT2D eigenvalue weighted by Gasteiger charge is -2.21. The Hall–Kier alpha value is -1.88. The summed E-state index contributed by atoms with van der Waals surface area (Å²) in [4.78, 5) is 23.0. The number of hydrogen-bond donors (Lipinski definition) is 3. The first-order valence-electron chi connectivity index (χ1n) is 6.62. The van der Waals surface area contributed by atoms with Gasteiger partial charge in [-0.15, -0.1) is 0 Å². The average molecular weight is 278 g/mol. The molecule has 5 nitrogen and oxygen atoms in total. The van der Waals surface area contributed by atoms with Gasteiger partial charge in [-0.2, -0.15) is 0 Å². The summed E-state index contributed by atoms with van der Waals surface area (Å²) in [5.74, 6) is -1.34. The summed E-state index contributed by atoms with van der Waals surface area (Å²) < 4.78 is 0. The molecule has 1 amide bonds. The predicted octanol–water partition coefficient (Wildman–Crippen LogP) is 1.71. The Bertz CT molecular complexity index is 452. The van der Waals surface area contributed by atoms with E-state index in [-0.39, 0.29) is 17.9 Å². The molecule has 0 saturated heterocycles. The van der Waals surface area contributed by atoms with Crippen molar-refractivity contribution in [1.82, 2.24) is 10.6 Å². The molecule has 0 aliphatic heterocycles. The van der Waals surface area contributed by atoms with Gasteiger partial charge in [0.1, 0.15) is 0 Å². The molecule has 0 radical (unpaired) electrons. The van der Waals surface area contributed by atoms with Gasteiger partial charge in [-0.3, -0.25) is 4.79 Å². The van der Waals surface area contributed by atoms with Crippen LogP contribution in [-0.2, 0) is 9.59 Å². The Morgan fingerprint density at radius 1 is 1.20 bits per heavy atom. The first kappa shape index (κ1) is 16.2. The zero-order chi connectivity index (χ0) is 15.2. The van der Waals surface area contributed by atoms with Crippen LogP contribution in [0.1, 0.15) is 38.8 Å². The Balaban J connectivity index is 2.55. The smallest absolute Gasteiger partial charge is 0.330 e. The van der Waals surface area contributed by atoms with Crippen LogP contribution in [-0.4, -0.2) is 29.1 Å². The van der Waals surface area contributed by atoms with Crippen LogP contribution in [0.4, 0.5) is 0 Å². The summed E-state index contributed by atoms with van der Waals surface area (Å²) in [5.41, 5.74) is 0.503. The number of rotatable bonds is 6. The van der Waals surface area contributed by atoms with Gasteiger partial charge < -0.3 is 15.7 Å². The third kappa shape index (κ3) is 5.84. The minimum atomic E-state index is -1.06. The fraction of sp³-hybridized carbons (Fsp3) is 0.467. The van der Waals surface area contributed by atoms with Gasteiger partial charge in [0.2, 0.25) is 5.91 Å². The molecule has 110 valence electrons. The summed E-state index contributed by atoms with van der Waals surface area (Å²) in [6, 6.07) is 7.67. The Kier molecular flexibility index (Phi) is 5.70. The molecule has 5 heteroatoms. The minimum Gasteiger partial charge on any atom is -0.479 e. The SMILES string of the molecule is CC(C)(C)NCCC(=O)N[C@@H](C(=O)O)c1ccccc1. The number of benzene rings is 1. The van der Waals surface area contributed by atoms with Crippen molar-refractivity contribution in [2.24, 2.45) is 0 Å². The Morgan fingerprint density at radius 2 is 1.80 bits per heavy atom. The van der Waals surface area contributed by atoms with Crippen molar-refractivity contribution >= 4 is 11.9 Å². The van der Waals surface area contributed by atoms with Gasteiger partial charge in [0.15, 0.2) is 6.04 Å². The molecule has 0 fully saturated rings. The molecule has 1 rings (SSSR count). The number of aliphatic carboxylic acids is 1. The van der Waals surface area contributed by atoms with Crippen molar-refractivity contribution in [3.63, 3.8) is 0 Å². The number of carbonyl (C=O) groups is 2. The molecule has 0 aliphatic rings. The van der Waals surface area contributed by atoms with Crippen molar-refractivity contribution in [2.75, 3.05) is 6.54 Å². The van der Waals surface area contributed by atoms with Gasteiger partial charge in [-0.25, -0.2) is 4.79 Å². The molecule has 20 heavy (non-hydrogen) atoms. The Morgan fingerprint density at radius 3 is 2.30 bits per heavy atom. The third-order valence-electron chi connectivity index (χ3n) is 2.69. The van der Waals surface area contributed by atoms with E-state index >= 15 is 0 Å². The van der Waals surface area contributed by atoms with Gasteiger partial charge in [-0.05, 0) is 26.3 Å². The van der Waals surface area contributed by atoms with E-state index in [1.807, 2.05) is 20.8 Å². The van der Waals surface area contributed by atoms with E-state index in [1.54, 1.807) is 30.3 Å². The molecule has 0 heterocycles. The van der Waals surface area contributed by atoms with Crippen molar-refractivity contribution in [1.29, 1.82) is 0 Å². The lowest BCUT2D eigenvalue weighted by atomic mass is 10.1. The van der Waals surface area contributed by atoms with Crippen molar-refractivity contribution in [3.05, 3.63) is 35.9 Å². The third-order valence-corrected chi connectivity index (χ3v) is 2.69. The highest BCUT2D eigenvalue weighted by atomic mass is 16.4. The van der Waals surface area contributed by atoms with Gasteiger partial charge in [0, 0.05) is 18.5 Å². The van der Waals surface area contributed by atoms with Crippen molar-refractivity contribution in [2.45, 2.75) is 38.8 Å². The largest absolute Gasteiger partial charge is 0.479 e. The molecular weight excluding hydrogens is 256 g/mol. The quantitative estimate of drug-likeness (QED) is 0.740. The molecule has 3 N–H and O–H groups in total. The maximum absolute atomic E-state index is 11.8. The van der Waals surface area contributed by atoms with E-state index in [0.717, 1.165) is 0 Å². The van der Waals surface area contributed by atoms with Gasteiger partial charge in [-0.1, -0.05) is 30.3 Å². The Labute approximate surface area is 119 Å². The van der Waals surface area contributed by atoms with Crippen LogP contribution in [0.25, 0.3) is 0 Å². The molecule has 1 aromatic carbocycles. The fourth-order valence-electron chi connectivity index (χ4n) is 1.72. The number of carbonyl (C=O) groups excluding carboxylic acids is 1. The molecule has 0 unspecified atom stereocenters. The molecule has 0 bridgehead atoms. The topological polar surface area (TPSA) is 78.4 Å². The highest BCUT2D eigenvalue weighted by Gasteiger charge is 2.21. The summed E-state index contributed by atoms with van der Waals surface area (Å²) in [5, 5.41) is 14.9. The van der Waals surface area contributed by atoms with Crippen LogP contribution < -0.4 is 10.6 Å². The molecule has 0 aliphatic carbocycles. The summed E-state index contributed by atoms with van der Waals surface area (Å²) in [7, 11) is 0. The lowest BCUT2D eigenvalue weighted by Crippen LogP contribution is -2.40. The highest BCUT2D eigenvalue weighted by Crippen LogP contribution is 2.12. The zero-order valence-electron chi connectivity index (χ0n) is 12.1. The van der Waals surface area contributed by atoms with Crippen molar-refractivity contribution < 1.29 is 14.7 Å². The molecule has 0 saturated carbocycles. The van der Waals surface area contributed by atoms with E-state index in [0.29, 0.717) is 12.1 Å². The van der Waals surface area contributed by atoms with Gasteiger partial charge in [0.25, 0.3) is 0 Å². The predicted molar refractivity (Wildman–Crippen MR) is 77.3 cm³/mol. The zero-order valence-corrected chi connectivity index (χ0v) is 12.1. The average Bonchev–Trinajstić information content (AvgIpc) is 2.35. The van der Waals surface area contributed by atoms with Crippen LogP contribution in [0.2, 0.25) is 0 Å². The molecule has 0 spiro atoms. The summed E-state index contributed by atoms with van der Waals surface area (Å²) in [6.07, 6.45) is 0.244. The summed E-state index contributed by atoms with van der Waals surface area (Å²) >= 11 is 0. The van der Waals surface area contributed by atoms with Crippen molar-refractivity contribution in [3.8, 4) is 0 Å². The maximum atomic E-state index is 11.8. The van der Waals surface area contributed by atoms with E-state index < -0.39 is 12.0 Å². The number of hydrogen-bond acceptors (Lipinski definition) is 3. The second kappa shape index (κ2) is 7.05. The molecule has 1 atom stereocenters. The molecule has 0 aromatic heterocycles. The maximum Gasteiger partial charge on any atom is 0.330 e. The molecular formula is C15H22N2O3. The van der Waals surface area contributed by atoms with E-state index in [4.69, 9.17) is 0 Å².